The van der Waals surface area contributed by atoms with E-state index in [1.165, 1.54) is 12.1 Å². The highest BCUT2D eigenvalue weighted by molar-refractivity contribution is 5.31. The van der Waals surface area contributed by atoms with Gasteiger partial charge in [-0.3, -0.25) is 4.98 Å². The lowest BCUT2D eigenvalue weighted by atomic mass is 10.2. The summed E-state index contributed by atoms with van der Waals surface area (Å²) in [5, 5.41) is 3.02. The van der Waals surface area contributed by atoms with Crippen LogP contribution < -0.4 is 10.1 Å². The minimum atomic E-state index is -0.672. The molecule has 0 spiro atoms. The summed E-state index contributed by atoms with van der Waals surface area (Å²) in [5.74, 6) is -1.66. The second-order valence-electron chi connectivity index (χ2n) is 4.63. The van der Waals surface area contributed by atoms with E-state index >= 15 is 0 Å². The molecule has 1 aromatic carbocycles. The fourth-order valence-corrected chi connectivity index (χ4v) is 1.94. The van der Waals surface area contributed by atoms with Gasteiger partial charge in [0.2, 0.25) is 0 Å². The van der Waals surface area contributed by atoms with Crippen molar-refractivity contribution in [2.75, 3.05) is 13.2 Å². The molecule has 1 aromatic heterocycles. The molecule has 0 amide bonds. The van der Waals surface area contributed by atoms with E-state index in [9.17, 15) is 8.78 Å². The van der Waals surface area contributed by atoms with Crippen LogP contribution in [0.1, 0.15) is 18.1 Å². The Morgan fingerprint density at radius 2 is 1.95 bits per heavy atom. The fraction of sp³-hybridized carbons (Fsp3) is 0.312. The average molecular weight is 292 g/mol. The first kappa shape index (κ1) is 15.4. The molecule has 112 valence electrons. The zero-order chi connectivity index (χ0) is 15.1. The monoisotopic (exact) mass is 292 g/mol. The Kier molecular flexibility index (Phi) is 5.63. The van der Waals surface area contributed by atoms with Crippen LogP contribution in [0.5, 0.6) is 5.75 Å². The number of halogens is 2. The van der Waals surface area contributed by atoms with Gasteiger partial charge in [0.25, 0.3) is 0 Å². The average Bonchev–Trinajstić information content (AvgIpc) is 2.49. The molecule has 1 N–H and O–H groups in total. The van der Waals surface area contributed by atoms with Gasteiger partial charge >= 0.3 is 0 Å². The molecule has 3 nitrogen and oxygen atoms in total. The number of hydrogen-bond donors (Lipinski definition) is 1. The van der Waals surface area contributed by atoms with E-state index in [1.54, 1.807) is 12.4 Å². The number of nitrogens with zero attached hydrogens (tertiary/aromatic N) is 1. The van der Waals surface area contributed by atoms with Crippen molar-refractivity contribution >= 4 is 0 Å². The maximum absolute atomic E-state index is 13.9. The summed E-state index contributed by atoms with van der Waals surface area (Å²) in [4.78, 5) is 3.97. The van der Waals surface area contributed by atoms with E-state index in [1.807, 2.05) is 19.1 Å². The van der Waals surface area contributed by atoms with Crippen molar-refractivity contribution in [2.24, 2.45) is 0 Å². The molecule has 2 rings (SSSR count). The van der Waals surface area contributed by atoms with Gasteiger partial charge in [0.05, 0.1) is 6.61 Å². The summed E-state index contributed by atoms with van der Waals surface area (Å²) in [6, 6.07) is 6.30. The quantitative estimate of drug-likeness (QED) is 0.851. The molecule has 0 fully saturated rings. The van der Waals surface area contributed by atoms with Gasteiger partial charge < -0.3 is 10.1 Å². The van der Waals surface area contributed by atoms with Gasteiger partial charge in [-0.25, -0.2) is 8.78 Å². The first-order chi connectivity index (χ1) is 10.2. The van der Waals surface area contributed by atoms with Gasteiger partial charge in [-0.15, -0.1) is 0 Å². The van der Waals surface area contributed by atoms with Crippen molar-refractivity contribution in [3.63, 3.8) is 0 Å². The summed E-state index contributed by atoms with van der Waals surface area (Å²) in [6.07, 6.45) is 3.92. The number of rotatable bonds is 7. The van der Waals surface area contributed by atoms with Crippen LogP contribution in [0.3, 0.4) is 0 Å². The lowest BCUT2D eigenvalue weighted by molar-refractivity contribution is 0.288. The maximum atomic E-state index is 13.9. The summed E-state index contributed by atoms with van der Waals surface area (Å²) in [5.41, 5.74) is 1.52. The minimum absolute atomic E-state index is 0.200. The van der Waals surface area contributed by atoms with Gasteiger partial charge in [-0.05, 0) is 35.9 Å². The molecule has 0 aliphatic carbocycles. The summed E-state index contributed by atoms with van der Waals surface area (Å²) in [6.45, 7) is 3.31. The molecule has 5 heteroatoms. The third-order valence-electron chi connectivity index (χ3n) is 3.00. The van der Waals surface area contributed by atoms with Crippen LogP contribution in [-0.2, 0) is 13.0 Å². The molecule has 0 aliphatic heterocycles. The first-order valence-electron chi connectivity index (χ1n) is 6.91. The number of hydrogen-bond acceptors (Lipinski definition) is 3. The summed E-state index contributed by atoms with van der Waals surface area (Å²) >= 11 is 0. The van der Waals surface area contributed by atoms with Crippen LogP contribution >= 0.6 is 0 Å². The molecule has 2 aromatic rings. The van der Waals surface area contributed by atoms with Gasteiger partial charge in [-0.1, -0.05) is 13.0 Å². The molecular formula is C16H18F2N2O. The number of aromatic nitrogens is 1. The van der Waals surface area contributed by atoms with Crippen LogP contribution in [0.15, 0.2) is 36.7 Å². The molecule has 0 atom stereocenters. The molecule has 0 radical (unpaired) electrons. The molecule has 0 saturated heterocycles. The van der Waals surface area contributed by atoms with Crippen molar-refractivity contribution in [1.29, 1.82) is 0 Å². The van der Waals surface area contributed by atoms with Gasteiger partial charge in [0, 0.05) is 25.4 Å². The predicted octanol–water partition coefficient (Wildman–Crippen LogP) is 3.09. The van der Waals surface area contributed by atoms with Crippen molar-refractivity contribution in [3.8, 4) is 5.75 Å². The van der Waals surface area contributed by atoms with Crippen molar-refractivity contribution in [2.45, 2.75) is 19.9 Å². The molecule has 0 aliphatic rings. The van der Waals surface area contributed by atoms with Crippen LogP contribution in [0.2, 0.25) is 0 Å². The predicted molar refractivity (Wildman–Crippen MR) is 77.2 cm³/mol. The van der Waals surface area contributed by atoms with E-state index in [2.05, 4.69) is 10.3 Å². The van der Waals surface area contributed by atoms with Crippen molar-refractivity contribution in [3.05, 3.63) is 59.4 Å². The third kappa shape index (κ3) is 4.49. The van der Waals surface area contributed by atoms with Crippen LogP contribution in [0.4, 0.5) is 8.78 Å². The Morgan fingerprint density at radius 3 is 2.57 bits per heavy atom. The second-order valence-corrected chi connectivity index (χ2v) is 4.63. The van der Waals surface area contributed by atoms with Gasteiger partial charge in [0.1, 0.15) is 0 Å². The SMILES string of the molecule is CCNCc1cc(F)c(OCCc2cccnc2)c(F)c1. The zero-order valence-corrected chi connectivity index (χ0v) is 11.9. The molecule has 0 unspecified atom stereocenters. The minimum Gasteiger partial charge on any atom is -0.487 e. The Hall–Kier alpha value is -2.01. The molecule has 1 heterocycles. The van der Waals surface area contributed by atoms with Crippen LogP contribution in [0.25, 0.3) is 0 Å². The molecule has 0 saturated carbocycles. The van der Waals surface area contributed by atoms with Gasteiger partial charge in [0.15, 0.2) is 17.4 Å². The Balaban J connectivity index is 1.96. The second kappa shape index (κ2) is 7.69. The Morgan fingerprint density at radius 1 is 1.19 bits per heavy atom. The van der Waals surface area contributed by atoms with E-state index in [0.29, 0.717) is 18.5 Å². The lowest BCUT2D eigenvalue weighted by Gasteiger charge is -2.10. The highest BCUT2D eigenvalue weighted by Crippen LogP contribution is 2.23. The normalized spacial score (nSPS) is 10.6. The molecular weight excluding hydrogens is 274 g/mol. The largest absolute Gasteiger partial charge is 0.487 e. The highest BCUT2D eigenvalue weighted by Gasteiger charge is 2.12. The van der Waals surface area contributed by atoms with Crippen LogP contribution in [0, 0.1) is 11.6 Å². The van der Waals surface area contributed by atoms with Crippen molar-refractivity contribution < 1.29 is 13.5 Å². The van der Waals surface area contributed by atoms with E-state index in [0.717, 1.165) is 12.1 Å². The Labute approximate surface area is 123 Å². The van der Waals surface area contributed by atoms with Crippen molar-refractivity contribution in [1.82, 2.24) is 10.3 Å². The number of ether oxygens (including phenoxy) is 1. The van der Waals surface area contributed by atoms with E-state index < -0.39 is 11.6 Å². The number of benzene rings is 1. The fourth-order valence-electron chi connectivity index (χ4n) is 1.94. The molecule has 21 heavy (non-hydrogen) atoms. The topological polar surface area (TPSA) is 34.1 Å². The molecule has 0 bridgehead atoms. The maximum Gasteiger partial charge on any atom is 0.190 e. The first-order valence-corrected chi connectivity index (χ1v) is 6.91. The Bertz CT molecular complexity index is 553. The third-order valence-corrected chi connectivity index (χ3v) is 3.00. The zero-order valence-electron chi connectivity index (χ0n) is 11.9. The highest BCUT2D eigenvalue weighted by atomic mass is 19.1. The smallest absolute Gasteiger partial charge is 0.190 e. The summed E-state index contributed by atoms with van der Waals surface area (Å²) < 4.78 is 33.0. The van der Waals surface area contributed by atoms with Crippen LogP contribution in [-0.4, -0.2) is 18.1 Å². The summed E-state index contributed by atoms with van der Waals surface area (Å²) in [7, 11) is 0. The number of pyridine rings is 1. The van der Waals surface area contributed by atoms with E-state index in [-0.39, 0.29) is 12.4 Å². The van der Waals surface area contributed by atoms with Gasteiger partial charge in [-0.2, -0.15) is 0 Å². The lowest BCUT2D eigenvalue weighted by Crippen LogP contribution is -2.12. The van der Waals surface area contributed by atoms with E-state index in [4.69, 9.17) is 4.74 Å². The number of nitrogens with one attached hydrogen (secondary N) is 1. The standard InChI is InChI=1S/C16H18F2N2O/c1-2-19-11-13-8-14(17)16(15(18)9-13)21-7-5-12-4-3-6-20-10-12/h3-4,6,8-10,19H,2,5,7,11H2,1H3.